The van der Waals surface area contributed by atoms with E-state index in [2.05, 4.69) is 38.2 Å². The Morgan fingerprint density at radius 3 is 2.44 bits per heavy atom. The lowest BCUT2D eigenvalue weighted by Crippen LogP contribution is -2.34. The van der Waals surface area contributed by atoms with Gasteiger partial charge in [-0.1, -0.05) is 31.9 Å². The third kappa shape index (κ3) is 11.9. The Kier molecular flexibility index (Phi) is 13.8. The van der Waals surface area contributed by atoms with Crippen molar-refractivity contribution in [1.82, 2.24) is 19.9 Å². The summed E-state index contributed by atoms with van der Waals surface area (Å²) in [5.74, 6) is 1.79. The SMILES string of the molecule is CCCCCNc1nc(N)nc2ccn(Cc3ccc(COCCOCCOCCNC(=O)OC(C)(C)C)cc3OC)c12. The predicted molar refractivity (Wildman–Crippen MR) is 168 cm³/mol. The Balaban J connectivity index is 1.40. The maximum Gasteiger partial charge on any atom is 0.407 e. The van der Waals surface area contributed by atoms with Crippen molar-refractivity contribution in [3.63, 3.8) is 0 Å². The fourth-order valence-electron chi connectivity index (χ4n) is 4.32. The standard InChI is InChI=1S/C31H48N6O6/c1-6-7-8-12-33-28-27-25(35-29(32)36-28)11-14-37(27)21-24-10-9-23(20-26(24)39-5)22-42-19-18-41-17-16-40-15-13-34-30(38)43-31(2,3)4/h9-11,14,20H,6-8,12-13,15-19,21-22H2,1-5H3,(H,34,38)(H3,32,33,35,36). The van der Waals surface area contributed by atoms with Crippen LogP contribution >= 0.6 is 0 Å². The van der Waals surface area contributed by atoms with Gasteiger partial charge in [-0.15, -0.1) is 0 Å². The minimum atomic E-state index is -0.517. The van der Waals surface area contributed by atoms with Gasteiger partial charge in [-0.2, -0.15) is 4.98 Å². The molecule has 0 fully saturated rings. The molecule has 43 heavy (non-hydrogen) atoms. The molecule has 3 aromatic rings. The molecule has 0 aliphatic rings. The molecule has 2 aromatic heterocycles. The molecular weight excluding hydrogens is 552 g/mol. The number of nitrogens with one attached hydrogen (secondary N) is 2. The van der Waals surface area contributed by atoms with Crippen LogP contribution in [-0.4, -0.2) is 79.5 Å². The van der Waals surface area contributed by atoms with Crippen LogP contribution in [0.4, 0.5) is 16.6 Å². The van der Waals surface area contributed by atoms with Gasteiger partial charge in [0.25, 0.3) is 0 Å². The molecule has 1 aromatic carbocycles. The van der Waals surface area contributed by atoms with E-state index in [1.54, 1.807) is 7.11 Å². The first-order chi connectivity index (χ1) is 20.7. The first-order valence-electron chi connectivity index (χ1n) is 14.9. The van der Waals surface area contributed by atoms with Crippen molar-refractivity contribution in [2.24, 2.45) is 0 Å². The van der Waals surface area contributed by atoms with Crippen molar-refractivity contribution in [1.29, 1.82) is 0 Å². The van der Waals surface area contributed by atoms with Gasteiger partial charge < -0.3 is 44.6 Å². The molecule has 12 nitrogen and oxygen atoms in total. The van der Waals surface area contributed by atoms with Crippen LogP contribution in [-0.2, 0) is 32.1 Å². The molecule has 0 atom stereocenters. The molecule has 0 saturated heterocycles. The third-order valence-corrected chi connectivity index (χ3v) is 6.32. The number of methoxy groups -OCH3 is 1. The Morgan fingerprint density at radius 2 is 1.72 bits per heavy atom. The number of carbonyl (C=O) groups is 1. The summed E-state index contributed by atoms with van der Waals surface area (Å²) in [5.41, 5.74) is 9.21. The second-order valence-electron chi connectivity index (χ2n) is 11.1. The zero-order valence-electron chi connectivity index (χ0n) is 26.2. The van der Waals surface area contributed by atoms with Crippen LogP contribution in [0, 0.1) is 0 Å². The zero-order chi connectivity index (χ0) is 31.1. The smallest absolute Gasteiger partial charge is 0.407 e. The van der Waals surface area contributed by atoms with Gasteiger partial charge in [0.15, 0.2) is 5.82 Å². The van der Waals surface area contributed by atoms with E-state index >= 15 is 0 Å². The molecular formula is C31H48N6O6. The topological polar surface area (TPSA) is 144 Å². The van der Waals surface area contributed by atoms with Gasteiger partial charge in [0.1, 0.15) is 16.9 Å². The maximum atomic E-state index is 11.6. The Labute approximate surface area is 254 Å². The quantitative estimate of drug-likeness (QED) is 0.165. The number of fused-ring (bicyclic) bond motifs is 1. The number of alkyl carbamates (subject to hydrolysis) is 1. The lowest BCUT2D eigenvalue weighted by molar-refractivity contribution is 0.0102. The van der Waals surface area contributed by atoms with E-state index in [1.807, 2.05) is 45.2 Å². The molecule has 0 unspecified atom stereocenters. The molecule has 2 heterocycles. The highest BCUT2D eigenvalue weighted by Gasteiger charge is 2.16. The van der Waals surface area contributed by atoms with Crippen LogP contribution in [0.25, 0.3) is 11.0 Å². The summed E-state index contributed by atoms with van der Waals surface area (Å²) in [6.07, 6.45) is 4.93. The molecule has 3 rings (SSSR count). The fourth-order valence-corrected chi connectivity index (χ4v) is 4.32. The molecule has 0 bridgehead atoms. The molecule has 1 amide bonds. The Bertz CT molecular complexity index is 1280. The second-order valence-corrected chi connectivity index (χ2v) is 11.1. The number of benzene rings is 1. The molecule has 4 N–H and O–H groups in total. The van der Waals surface area contributed by atoms with E-state index < -0.39 is 11.7 Å². The highest BCUT2D eigenvalue weighted by molar-refractivity contribution is 5.87. The number of anilines is 2. The second kappa shape index (κ2) is 17.5. The van der Waals surface area contributed by atoms with Gasteiger partial charge in [-0.05, 0) is 44.9 Å². The van der Waals surface area contributed by atoms with Gasteiger partial charge in [-0.3, -0.25) is 0 Å². The number of nitrogens with zero attached hydrogens (tertiary/aromatic N) is 3. The van der Waals surface area contributed by atoms with Crippen molar-refractivity contribution in [2.45, 2.75) is 65.7 Å². The normalized spacial score (nSPS) is 11.6. The number of hydrogen-bond donors (Lipinski definition) is 3. The average molecular weight is 601 g/mol. The largest absolute Gasteiger partial charge is 0.496 e. The van der Waals surface area contributed by atoms with Gasteiger partial charge in [0, 0.05) is 24.8 Å². The number of nitrogen functional groups attached to an aromatic ring is 1. The van der Waals surface area contributed by atoms with E-state index in [9.17, 15) is 4.79 Å². The summed E-state index contributed by atoms with van der Waals surface area (Å²) >= 11 is 0. The van der Waals surface area contributed by atoms with E-state index in [4.69, 9.17) is 29.4 Å². The zero-order valence-corrected chi connectivity index (χ0v) is 26.2. The van der Waals surface area contributed by atoms with Gasteiger partial charge >= 0.3 is 6.09 Å². The lowest BCUT2D eigenvalue weighted by atomic mass is 10.1. The average Bonchev–Trinajstić information content (AvgIpc) is 3.35. The number of carbonyl (C=O) groups excluding carboxylic acids is 1. The van der Waals surface area contributed by atoms with E-state index in [0.29, 0.717) is 52.7 Å². The summed E-state index contributed by atoms with van der Waals surface area (Å²) in [5, 5.41) is 6.09. The van der Waals surface area contributed by atoms with Crippen LogP contribution in [0.5, 0.6) is 5.75 Å². The number of amides is 1. The fraction of sp³-hybridized carbons (Fsp3) is 0.581. The number of ether oxygens (including phenoxy) is 5. The predicted octanol–water partition coefficient (Wildman–Crippen LogP) is 4.75. The number of hydrogen-bond acceptors (Lipinski definition) is 10. The third-order valence-electron chi connectivity index (χ3n) is 6.32. The Morgan fingerprint density at radius 1 is 0.977 bits per heavy atom. The van der Waals surface area contributed by atoms with Gasteiger partial charge in [0.2, 0.25) is 5.95 Å². The van der Waals surface area contributed by atoms with Crippen molar-refractivity contribution >= 4 is 28.9 Å². The van der Waals surface area contributed by atoms with E-state index in [0.717, 1.165) is 59.5 Å². The molecule has 238 valence electrons. The number of nitrogens with two attached hydrogens (primary N) is 1. The monoisotopic (exact) mass is 600 g/mol. The summed E-state index contributed by atoms with van der Waals surface area (Å²) in [4.78, 5) is 20.5. The summed E-state index contributed by atoms with van der Waals surface area (Å²) in [6.45, 7) is 12.1. The van der Waals surface area contributed by atoms with Crippen LogP contribution in [0.1, 0.15) is 58.1 Å². The molecule has 0 aliphatic carbocycles. The summed E-state index contributed by atoms with van der Waals surface area (Å²) in [6, 6.07) is 8.06. The highest BCUT2D eigenvalue weighted by Crippen LogP contribution is 2.27. The maximum absolute atomic E-state index is 11.6. The van der Waals surface area contributed by atoms with Crippen LogP contribution in [0.15, 0.2) is 30.5 Å². The van der Waals surface area contributed by atoms with Gasteiger partial charge in [-0.25, -0.2) is 9.78 Å². The van der Waals surface area contributed by atoms with Crippen LogP contribution in [0.2, 0.25) is 0 Å². The number of unbranched alkanes of at least 4 members (excludes halogenated alkanes) is 2. The van der Waals surface area contributed by atoms with Crippen molar-refractivity contribution < 1.29 is 28.5 Å². The van der Waals surface area contributed by atoms with Crippen molar-refractivity contribution in [3.05, 3.63) is 41.6 Å². The minimum absolute atomic E-state index is 0.258. The molecule has 0 aliphatic heterocycles. The summed E-state index contributed by atoms with van der Waals surface area (Å²) in [7, 11) is 1.67. The van der Waals surface area contributed by atoms with Crippen molar-refractivity contribution in [3.8, 4) is 5.75 Å². The van der Waals surface area contributed by atoms with E-state index in [-0.39, 0.29) is 5.95 Å². The number of rotatable bonds is 19. The highest BCUT2D eigenvalue weighted by atomic mass is 16.6. The molecule has 0 radical (unpaired) electrons. The van der Waals surface area contributed by atoms with E-state index in [1.165, 1.54) is 0 Å². The number of aromatic nitrogens is 3. The molecule has 12 heteroatoms. The van der Waals surface area contributed by atoms with Crippen molar-refractivity contribution in [2.75, 3.05) is 64.3 Å². The Hall–Kier alpha value is -3.61. The molecule has 0 spiro atoms. The van der Waals surface area contributed by atoms with Crippen LogP contribution in [0.3, 0.4) is 0 Å². The molecule has 0 saturated carbocycles. The summed E-state index contributed by atoms with van der Waals surface area (Å²) < 4.78 is 29.8. The van der Waals surface area contributed by atoms with Crippen LogP contribution < -0.4 is 21.1 Å². The first kappa shape index (κ1) is 33.9. The minimum Gasteiger partial charge on any atom is -0.496 e. The first-order valence-corrected chi connectivity index (χ1v) is 14.9. The van der Waals surface area contributed by atoms with Gasteiger partial charge in [0.05, 0.1) is 58.8 Å². The lowest BCUT2D eigenvalue weighted by Gasteiger charge is -2.19.